The van der Waals surface area contributed by atoms with Gasteiger partial charge in [0, 0.05) is 6.07 Å². The highest BCUT2D eigenvalue weighted by Gasteiger charge is 2.16. The first-order valence-corrected chi connectivity index (χ1v) is 14.1. The Morgan fingerprint density at radius 1 is 0.700 bits per heavy atom. The molecule has 40 heavy (non-hydrogen) atoms. The van der Waals surface area contributed by atoms with Crippen molar-refractivity contribution in [3.05, 3.63) is 135 Å². The van der Waals surface area contributed by atoms with E-state index in [4.69, 9.17) is 9.47 Å². The molecule has 0 aliphatic carbocycles. The molecule has 0 aliphatic heterocycles. The molecule has 0 atom stereocenters. The zero-order chi connectivity index (χ0) is 28.0. The fraction of sp³-hybridized carbons (Fsp3) is 0.294. The van der Waals surface area contributed by atoms with Gasteiger partial charge in [-0.15, -0.1) is 0 Å². The third kappa shape index (κ3) is 8.95. The number of nitro benzene ring substituents is 1. The molecule has 0 spiro atoms. The van der Waals surface area contributed by atoms with Gasteiger partial charge in [0.2, 0.25) is 0 Å². The Bertz CT molecular complexity index is 1340. The number of benzene rings is 4. The maximum absolute atomic E-state index is 11.7. The molecule has 0 aromatic heterocycles. The molecular formula is C34H38N2O4. The van der Waals surface area contributed by atoms with Crippen LogP contribution in [-0.2, 0) is 32.5 Å². The highest BCUT2D eigenvalue weighted by molar-refractivity contribution is 5.49. The van der Waals surface area contributed by atoms with Gasteiger partial charge in [-0.1, -0.05) is 86.1 Å². The Hall–Kier alpha value is -4.16. The Balaban J connectivity index is 1.27. The van der Waals surface area contributed by atoms with E-state index in [-0.39, 0.29) is 10.6 Å². The van der Waals surface area contributed by atoms with Crippen molar-refractivity contribution < 1.29 is 14.4 Å². The first kappa shape index (κ1) is 28.8. The van der Waals surface area contributed by atoms with E-state index < -0.39 is 0 Å². The van der Waals surface area contributed by atoms with E-state index in [9.17, 15) is 10.1 Å². The van der Waals surface area contributed by atoms with Crippen LogP contribution in [-0.4, -0.2) is 18.0 Å². The Morgan fingerprint density at radius 3 is 2.05 bits per heavy atom. The molecule has 0 fully saturated rings. The molecule has 6 nitrogen and oxygen atoms in total. The summed E-state index contributed by atoms with van der Waals surface area (Å²) in [5, 5.41) is 15.2. The number of nitrogens with one attached hydrogen (secondary N) is 1. The fourth-order valence-electron chi connectivity index (χ4n) is 4.58. The van der Waals surface area contributed by atoms with Gasteiger partial charge in [-0.3, -0.25) is 10.1 Å². The number of unbranched alkanes of at least 4 members (excludes halogenated alkanes) is 1. The van der Waals surface area contributed by atoms with E-state index in [1.54, 1.807) is 12.1 Å². The van der Waals surface area contributed by atoms with Crippen molar-refractivity contribution in [3.8, 4) is 11.5 Å². The van der Waals surface area contributed by atoms with Crippen molar-refractivity contribution in [2.45, 2.75) is 52.2 Å². The number of nitrogens with zero attached hydrogens (tertiary/aromatic N) is 1. The van der Waals surface area contributed by atoms with Crippen molar-refractivity contribution >= 4 is 5.69 Å². The normalized spacial score (nSPS) is 10.8. The minimum absolute atomic E-state index is 0.00331. The van der Waals surface area contributed by atoms with E-state index in [0.717, 1.165) is 61.2 Å². The van der Waals surface area contributed by atoms with Crippen LogP contribution in [0.4, 0.5) is 5.69 Å². The minimum Gasteiger partial charge on any atom is -0.489 e. The zero-order valence-electron chi connectivity index (χ0n) is 23.2. The van der Waals surface area contributed by atoms with Gasteiger partial charge in [0.25, 0.3) is 0 Å². The molecule has 4 aromatic rings. The summed E-state index contributed by atoms with van der Waals surface area (Å²) in [6, 6.07) is 31.5. The summed E-state index contributed by atoms with van der Waals surface area (Å²) in [4.78, 5) is 11.3. The second kappa shape index (κ2) is 15.4. The molecule has 4 rings (SSSR count). The van der Waals surface area contributed by atoms with Crippen LogP contribution < -0.4 is 14.8 Å². The SMILES string of the molecule is CCCCc1cc(OCc2ccccc2)ccc1CCNCCc1ccc(OCc2ccccc2)c([N+](=O)[O-])c1. The van der Waals surface area contributed by atoms with Crippen LogP contribution in [0.2, 0.25) is 0 Å². The van der Waals surface area contributed by atoms with Gasteiger partial charge in [0.05, 0.1) is 4.92 Å². The van der Waals surface area contributed by atoms with Crippen molar-refractivity contribution in [1.29, 1.82) is 0 Å². The predicted molar refractivity (Wildman–Crippen MR) is 160 cm³/mol. The topological polar surface area (TPSA) is 73.6 Å². The molecule has 208 valence electrons. The summed E-state index contributed by atoms with van der Waals surface area (Å²) in [7, 11) is 0. The molecule has 0 aliphatic rings. The van der Waals surface area contributed by atoms with Gasteiger partial charge in [0.15, 0.2) is 5.75 Å². The third-order valence-corrected chi connectivity index (χ3v) is 6.84. The summed E-state index contributed by atoms with van der Waals surface area (Å²) in [5.74, 6) is 1.20. The highest BCUT2D eigenvalue weighted by Crippen LogP contribution is 2.29. The molecule has 0 bridgehead atoms. The standard InChI is InChI=1S/C34H38N2O4/c1-2-3-14-31-24-32(39-25-28-10-6-4-7-11-28)17-16-30(31)20-22-35-21-19-27-15-18-34(33(23-27)36(37)38)40-26-29-12-8-5-9-13-29/h4-13,15-18,23-24,35H,2-3,14,19-22,25-26H2,1H3. The summed E-state index contributed by atoms with van der Waals surface area (Å²) in [5.41, 5.74) is 5.72. The quantitative estimate of drug-likeness (QED) is 0.0910. The molecule has 0 unspecified atom stereocenters. The molecule has 0 saturated heterocycles. The molecule has 1 N–H and O–H groups in total. The number of aryl methyl sites for hydroxylation is 1. The van der Waals surface area contributed by atoms with Crippen LogP contribution in [0.25, 0.3) is 0 Å². The second-order valence-corrected chi connectivity index (χ2v) is 9.89. The first-order chi connectivity index (χ1) is 19.6. The van der Waals surface area contributed by atoms with Crippen LogP contribution in [0.1, 0.15) is 47.6 Å². The third-order valence-electron chi connectivity index (χ3n) is 6.84. The number of ether oxygens (including phenoxy) is 2. The second-order valence-electron chi connectivity index (χ2n) is 9.89. The lowest BCUT2D eigenvalue weighted by Crippen LogP contribution is -2.20. The van der Waals surface area contributed by atoms with Crippen LogP contribution in [0.3, 0.4) is 0 Å². The lowest BCUT2D eigenvalue weighted by atomic mass is 9.99. The summed E-state index contributed by atoms with van der Waals surface area (Å²) >= 11 is 0. The van der Waals surface area contributed by atoms with Crippen LogP contribution in [0.5, 0.6) is 11.5 Å². The van der Waals surface area contributed by atoms with Crippen molar-refractivity contribution in [2.75, 3.05) is 13.1 Å². The smallest absolute Gasteiger partial charge is 0.311 e. The van der Waals surface area contributed by atoms with Gasteiger partial charge in [-0.25, -0.2) is 0 Å². The molecular weight excluding hydrogens is 500 g/mol. The van der Waals surface area contributed by atoms with E-state index in [1.165, 1.54) is 11.1 Å². The Labute approximate surface area is 237 Å². The molecule has 0 radical (unpaired) electrons. The number of nitro groups is 1. The van der Waals surface area contributed by atoms with Crippen LogP contribution >= 0.6 is 0 Å². The monoisotopic (exact) mass is 538 g/mol. The maximum Gasteiger partial charge on any atom is 0.311 e. The fourth-order valence-corrected chi connectivity index (χ4v) is 4.58. The molecule has 0 saturated carbocycles. The lowest BCUT2D eigenvalue weighted by molar-refractivity contribution is -0.386. The van der Waals surface area contributed by atoms with Gasteiger partial charge < -0.3 is 14.8 Å². The van der Waals surface area contributed by atoms with Crippen molar-refractivity contribution in [2.24, 2.45) is 0 Å². The van der Waals surface area contributed by atoms with E-state index in [1.807, 2.05) is 54.6 Å². The van der Waals surface area contributed by atoms with Crippen molar-refractivity contribution in [1.82, 2.24) is 5.32 Å². The summed E-state index contributed by atoms with van der Waals surface area (Å²) < 4.78 is 11.8. The first-order valence-electron chi connectivity index (χ1n) is 14.1. The molecule has 4 aromatic carbocycles. The average Bonchev–Trinajstić information content (AvgIpc) is 2.99. The van der Waals surface area contributed by atoms with E-state index >= 15 is 0 Å². The maximum atomic E-state index is 11.7. The average molecular weight is 539 g/mol. The van der Waals surface area contributed by atoms with Crippen LogP contribution in [0.15, 0.2) is 97.1 Å². The van der Waals surface area contributed by atoms with Crippen LogP contribution in [0, 0.1) is 10.1 Å². The van der Waals surface area contributed by atoms with E-state index in [0.29, 0.717) is 25.4 Å². The van der Waals surface area contributed by atoms with Gasteiger partial charge >= 0.3 is 5.69 Å². The summed E-state index contributed by atoms with van der Waals surface area (Å²) in [6.07, 6.45) is 4.96. The Kier molecular flexibility index (Phi) is 11.1. The van der Waals surface area contributed by atoms with Gasteiger partial charge in [-0.05, 0) is 84.8 Å². The molecule has 6 heteroatoms. The largest absolute Gasteiger partial charge is 0.489 e. The number of rotatable bonds is 16. The van der Waals surface area contributed by atoms with Crippen molar-refractivity contribution in [3.63, 3.8) is 0 Å². The minimum atomic E-state index is -0.373. The number of hydrogen-bond donors (Lipinski definition) is 1. The lowest BCUT2D eigenvalue weighted by Gasteiger charge is -2.14. The number of hydrogen-bond acceptors (Lipinski definition) is 5. The zero-order valence-corrected chi connectivity index (χ0v) is 23.2. The van der Waals surface area contributed by atoms with Gasteiger partial charge in [0.1, 0.15) is 19.0 Å². The van der Waals surface area contributed by atoms with E-state index in [2.05, 4.69) is 42.6 Å². The predicted octanol–water partition coefficient (Wildman–Crippen LogP) is 7.47. The molecule has 0 amide bonds. The molecule has 0 heterocycles. The van der Waals surface area contributed by atoms with Gasteiger partial charge in [-0.2, -0.15) is 0 Å². The summed E-state index contributed by atoms with van der Waals surface area (Å²) in [6.45, 7) is 4.65. The Morgan fingerprint density at radius 2 is 1.38 bits per heavy atom. The highest BCUT2D eigenvalue weighted by atomic mass is 16.6.